The largest absolute Gasteiger partial charge is 0.307 e. The average Bonchev–Trinajstić information content (AvgIpc) is 2.39. The predicted octanol–water partition coefficient (Wildman–Crippen LogP) is 3.21. The van der Waals surface area contributed by atoms with Crippen LogP contribution in [0.3, 0.4) is 0 Å². The molecular weight excluding hydrogens is 239 g/mol. The van der Waals surface area contributed by atoms with E-state index in [2.05, 4.69) is 31.1 Å². The van der Waals surface area contributed by atoms with Gasteiger partial charge in [0.2, 0.25) is 0 Å². The molecule has 19 heavy (non-hydrogen) atoms. The van der Waals surface area contributed by atoms with E-state index in [1.165, 1.54) is 32.0 Å². The summed E-state index contributed by atoms with van der Waals surface area (Å²) in [5.41, 5.74) is 1.03. The van der Waals surface area contributed by atoms with Gasteiger partial charge in [-0.1, -0.05) is 12.1 Å². The van der Waals surface area contributed by atoms with Crippen molar-refractivity contribution in [2.24, 2.45) is 5.92 Å². The summed E-state index contributed by atoms with van der Waals surface area (Å²) in [4.78, 5) is 2.39. The first kappa shape index (κ1) is 14.5. The Morgan fingerprint density at radius 1 is 1.26 bits per heavy atom. The number of nitrogens with one attached hydrogen (secondary N) is 1. The van der Waals surface area contributed by atoms with Gasteiger partial charge in [-0.2, -0.15) is 0 Å². The molecule has 1 aromatic rings. The minimum Gasteiger partial charge on any atom is -0.307 e. The van der Waals surface area contributed by atoms with E-state index in [4.69, 9.17) is 0 Å². The predicted molar refractivity (Wildman–Crippen MR) is 77.6 cm³/mol. The van der Waals surface area contributed by atoms with E-state index in [0.717, 1.165) is 11.5 Å². The Labute approximate surface area is 116 Å². The van der Waals surface area contributed by atoms with E-state index in [1.807, 2.05) is 6.07 Å². The van der Waals surface area contributed by atoms with Gasteiger partial charge in [0.25, 0.3) is 0 Å². The molecule has 2 rings (SSSR count). The van der Waals surface area contributed by atoms with E-state index in [1.54, 1.807) is 12.1 Å². The second-order valence-corrected chi connectivity index (χ2v) is 5.87. The summed E-state index contributed by atoms with van der Waals surface area (Å²) in [7, 11) is 2.18. The van der Waals surface area contributed by atoms with Crippen LogP contribution in [0.2, 0.25) is 0 Å². The first-order valence-corrected chi connectivity index (χ1v) is 7.26. The summed E-state index contributed by atoms with van der Waals surface area (Å²) in [5, 5.41) is 3.62. The third-order valence-electron chi connectivity index (χ3n) is 4.33. The van der Waals surface area contributed by atoms with Crippen LogP contribution < -0.4 is 5.32 Å². The lowest BCUT2D eigenvalue weighted by Gasteiger charge is -2.34. The molecule has 1 heterocycles. The van der Waals surface area contributed by atoms with E-state index in [9.17, 15) is 4.39 Å². The SMILES string of the molecule is CC(NC(C)C1CCN(C)CC1)c1cccc(F)c1. The number of halogens is 1. The molecule has 0 bridgehead atoms. The molecule has 0 amide bonds. The molecule has 1 aliphatic heterocycles. The smallest absolute Gasteiger partial charge is 0.123 e. The van der Waals surface area contributed by atoms with Gasteiger partial charge >= 0.3 is 0 Å². The minimum absolute atomic E-state index is 0.155. The van der Waals surface area contributed by atoms with E-state index in [-0.39, 0.29) is 11.9 Å². The van der Waals surface area contributed by atoms with Gasteiger partial charge in [0, 0.05) is 12.1 Å². The van der Waals surface area contributed by atoms with Crippen molar-refractivity contribution in [1.82, 2.24) is 10.2 Å². The normalized spacial score (nSPS) is 21.3. The Kier molecular flexibility index (Phi) is 4.94. The minimum atomic E-state index is -0.155. The molecule has 1 aromatic carbocycles. The molecule has 0 saturated carbocycles. The number of rotatable bonds is 4. The highest BCUT2D eigenvalue weighted by molar-refractivity contribution is 5.19. The lowest BCUT2D eigenvalue weighted by Crippen LogP contribution is -2.41. The van der Waals surface area contributed by atoms with Crippen molar-refractivity contribution >= 4 is 0 Å². The molecule has 1 aliphatic rings. The van der Waals surface area contributed by atoms with Crippen LogP contribution >= 0.6 is 0 Å². The molecule has 106 valence electrons. The molecule has 3 heteroatoms. The highest BCUT2D eigenvalue weighted by Crippen LogP contribution is 2.22. The number of hydrogen-bond donors (Lipinski definition) is 1. The molecular formula is C16H25FN2. The highest BCUT2D eigenvalue weighted by atomic mass is 19.1. The molecule has 0 aromatic heterocycles. The summed E-state index contributed by atoms with van der Waals surface area (Å²) < 4.78 is 13.2. The second kappa shape index (κ2) is 6.49. The molecule has 1 N–H and O–H groups in total. The van der Waals surface area contributed by atoms with Gasteiger partial charge in [-0.3, -0.25) is 0 Å². The maximum absolute atomic E-state index is 13.2. The third-order valence-corrected chi connectivity index (χ3v) is 4.33. The van der Waals surface area contributed by atoms with Gasteiger partial charge in [0.1, 0.15) is 5.82 Å². The van der Waals surface area contributed by atoms with Crippen LogP contribution in [0, 0.1) is 11.7 Å². The maximum atomic E-state index is 13.2. The monoisotopic (exact) mass is 264 g/mol. The van der Waals surface area contributed by atoms with Crippen LogP contribution in [-0.4, -0.2) is 31.1 Å². The molecule has 2 atom stereocenters. The molecule has 0 aliphatic carbocycles. The molecule has 1 fully saturated rings. The lowest BCUT2D eigenvalue weighted by molar-refractivity contribution is 0.185. The van der Waals surface area contributed by atoms with Crippen molar-refractivity contribution < 1.29 is 4.39 Å². The number of benzene rings is 1. The number of piperidine rings is 1. The van der Waals surface area contributed by atoms with Gasteiger partial charge < -0.3 is 10.2 Å². The van der Waals surface area contributed by atoms with Crippen molar-refractivity contribution in [3.8, 4) is 0 Å². The molecule has 2 unspecified atom stereocenters. The Bertz CT molecular complexity index is 399. The summed E-state index contributed by atoms with van der Waals surface area (Å²) in [6, 6.07) is 7.57. The number of nitrogens with zero attached hydrogens (tertiary/aromatic N) is 1. The van der Waals surface area contributed by atoms with Gasteiger partial charge in [0.05, 0.1) is 0 Å². The van der Waals surface area contributed by atoms with Crippen molar-refractivity contribution in [3.05, 3.63) is 35.6 Å². The van der Waals surface area contributed by atoms with Gasteiger partial charge in [-0.15, -0.1) is 0 Å². The zero-order valence-electron chi connectivity index (χ0n) is 12.2. The van der Waals surface area contributed by atoms with E-state index in [0.29, 0.717) is 6.04 Å². The van der Waals surface area contributed by atoms with Crippen molar-refractivity contribution in [1.29, 1.82) is 0 Å². The van der Waals surface area contributed by atoms with Gasteiger partial charge in [-0.05, 0) is 70.4 Å². The van der Waals surface area contributed by atoms with Crippen LogP contribution in [0.4, 0.5) is 4.39 Å². The lowest BCUT2D eigenvalue weighted by atomic mass is 9.90. The van der Waals surface area contributed by atoms with Crippen molar-refractivity contribution in [3.63, 3.8) is 0 Å². The molecule has 1 saturated heterocycles. The third kappa shape index (κ3) is 4.02. The van der Waals surface area contributed by atoms with Crippen molar-refractivity contribution in [2.75, 3.05) is 20.1 Å². The maximum Gasteiger partial charge on any atom is 0.123 e. The van der Waals surface area contributed by atoms with Crippen LogP contribution in [-0.2, 0) is 0 Å². The van der Waals surface area contributed by atoms with E-state index >= 15 is 0 Å². The summed E-state index contributed by atoms with van der Waals surface area (Å²) in [6.07, 6.45) is 2.50. The number of likely N-dealkylation sites (tertiary alicyclic amines) is 1. The van der Waals surface area contributed by atoms with Gasteiger partial charge in [0.15, 0.2) is 0 Å². The Hall–Kier alpha value is -0.930. The average molecular weight is 264 g/mol. The zero-order valence-corrected chi connectivity index (χ0v) is 12.2. The summed E-state index contributed by atoms with van der Waals surface area (Å²) >= 11 is 0. The first-order valence-electron chi connectivity index (χ1n) is 7.26. The molecule has 2 nitrogen and oxygen atoms in total. The van der Waals surface area contributed by atoms with E-state index < -0.39 is 0 Å². The Morgan fingerprint density at radius 2 is 1.95 bits per heavy atom. The molecule has 0 spiro atoms. The second-order valence-electron chi connectivity index (χ2n) is 5.87. The fourth-order valence-electron chi connectivity index (χ4n) is 2.93. The topological polar surface area (TPSA) is 15.3 Å². The zero-order chi connectivity index (χ0) is 13.8. The van der Waals surface area contributed by atoms with Crippen LogP contribution in [0.25, 0.3) is 0 Å². The fraction of sp³-hybridized carbons (Fsp3) is 0.625. The van der Waals surface area contributed by atoms with Crippen LogP contribution in [0.1, 0.15) is 38.3 Å². The fourth-order valence-corrected chi connectivity index (χ4v) is 2.93. The number of hydrogen-bond acceptors (Lipinski definition) is 2. The van der Waals surface area contributed by atoms with Crippen LogP contribution in [0.5, 0.6) is 0 Å². The summed E-state index contributed by atoms with van der Waals surface area (Å²) in [6.45, 7) is 6.74. The van der Waals surface area contributed by atoms with Crippen molar-refractivity contribution in [2.45, 2.75) is 38.8 Å². The van der Waals surface area contributed by atoms with Crippen LogP contribution in [0.15, 0.2) is 24.3 Å². The highest BCUT2D eigenvalue weighted by Gasteiger charge is 2.23. The molecule has 0 radical (unpaired) electrons. The van der Waals surface area contributed by atoms with Gasteiger partial charge in [-0.25, -0.2) is 4.39 Å². The first-order chi connectivity index (χ1) is 9.06. The standard InChI is InChI=1S/C16H25FN2/c1-12(14-7-9-19(3)10-8-14)18-13(2)15-5-4-6-16(17)11-15/h4-6,11-14,18H,7-10H2,1-3H3. The summed E-state index contributed by atoms with van der Waals surface area (Å²) in [5.74, 6) is 0.574. The quantitative estimate of drug-likeness (QED) is 0.898. The Balaban J connectivity index is 1.89. The Morgan fingerprint density at radius 3 is 2.58 bits per heavy atom.